The Balaban J connectivity index is 1.82. The maximum atomic E-state index is 12.3. The number of nitrogens with one attached hydrogen (secondary N) is 1. The summed E-state index contributed by atoms with van der Waals surface area (Å²) in [6, 6.07) is 12.3. The normalized spacial score (nSPS) is 16.1. The van der Waals surface area contributed by atoms with Crippen molar-refractivity contribution in [1.82, 2.24) is 5.32 Å². The Kier molecular flexibility index (Phi) is 6.79. The molecule has 2 amide bonds. The highest BCUT2D eigenvalue weighted by molar-refractivity contribution is 8.18. The molecule has 0 radical (unpaired) electrons. The lowest BCUT2D eigenvalue weighted by Crippen LogP contribution is -2.20. The summed E-state index contributed by atoms with van der Waals surface area (Å²) in [5.74, 6) is 0.0181. The first kappa shape index (κ1) is 20.8. The second kappa shape index (κ2) is 9.49. The average Bonchev–Trinajstić information content (AvgIpc) is 3.02. The molecule has 9 heteroatoms. The molecule has 0 unspecified atom stereocenters. The van der Waals surface area contributed by atoms with Gasteiger partial charge < -0.3 is 20.5 Å². The SMILES string of the molecule is CCOc1cc(/C=C2/SC(=Nc3ccccc3Cl)NC2=O)ccc1OCC(N)=O. The lowest BCUT2D eigenvalue weighted by molar-refractivity contribution is -0.120. The van der Waals surface area contributed by atoms with Crippen LogP contribution in [-0.4, -0.2) is 30.2 Å². The number of primary amides is 1. The molecule has 0 aliphatic carbocycles. The molecule has 0 bridgehead atoms. The van der Waals surface area contributed by atoms with Gasteiger partial charge in [-0.1, -0.05) is 29.8 Å². The number of nitrogens with zero attached hydrogens (tertiary/aromatic N) is 1. The second-order valence-corrected chi connectivity index (χ2v) is 7.27. The number of amides is 2. The predicted molar refractivity (Wildman–Crippen MR) is 115 cm³/mol. The number of para-hydroxylation sites is 1. The van der Waals surface area contributed by atoms with E-state index in [4.69, 9.17) is 26.8 Å². The Morgan fingerprint density at radius 1 is 1.24 bits per heavy atom. The fourth-order valence-electron chi connectivity index (χ4n) is 2.43. The molecule has 0 aromatic heterocycles. The molecule has 1 saturated heterocycles. The van der Waals surface area contributed by atoms with E-state index in [0.717, 1.165) is 5.56 Å². The number of amidine groups is 1. The topological polar surface area (TPSA) is 103 Å². The zero-order valence-electron chi connectivity index (χ0n) is 15.5. The Morgan fingerprint density at radius 3 is 2.76 bits per heavy atom. The third kappa shape index (κ3) is 5.52. The molecule has 7 nitrogen and oxygen atoms in total. The second-order valence-electron chi connectivity index (χ2n) is 5.83. The average molecular weight is 432 g/mol. The van der Waals surface area contributed by atoms with E-state index in [9.17, 15) is 9.59 Å². The monoisotopic (exact) mass is 431 g/mol. The maximum absolute atomic E-state index is 12.3. The number of ether oxygens (including phenoxy) is 2. The lowest BCUT2D eigenvalue weighted by Gasteiger charge is -2.11. The van der Waals surface area contributed by atoms with Crippen LogP contribution in [0.2, 0.25) is 5.02 Å². The standard InChI is InChI=1S/C20H18ClN3O4S/c1-2-27-16-9-12(7-8-15(16)28-11-18(22)25)10-17-19(26)24-20(29-17)23-14-6-4-3-5-13(14)21/h3-10H,2,11H2,1H3,(H2,22,25)(H,23,24,26)/b17-10+. The number of halogens is 1. The fraction of sp³-hybridized carbons (Fsp3) is 0.150. The third-order valence-corrected chi connectivity index (χ3v) is 4.89. The zero-order chi connectivity index (χ0) is 20.8. The zero-order valence-corrected chi connectivity index (χ0v) is 17.0. The van der Waals surface area contributed by atoms with E-state index >= 15 is 0 Å². The van der Waals surface area contributed by atoms with Gasteiger partial charge in [-0.05, 0) is 54.6 Å². The number of carbonyl (C=O) groups is 2. The molecule has 1 aliphatic heterocycles. The van der Waals surface area contributed by atoms with Crippen molar-refractivity contribution in [3.05, 3.63) is 58.0 Å². The Hall–Kier alpha value is -2.97. The first-order valence-corrected chi connectivity index (χ1v) is 9.87. The molecular formula is C20H18ClN3O4S. The van der Waals surface area contributed by atoms with Crippen molar-refractivity contribution in [2.75, 3.05) is 13.2 Å². The molecule has 150 valence electrons. The highest BCUT2D eigenvalue weighted by Gasteiger charge is 2.24. The number of carbonyl (C=O) groups excluding carboxylic acids is 2. The molecule has 0 atom stereocenters. The first-order valence-electron chi connectivity index (χ1n) is 8.68. The Bertz CT molecular complexity index is 1010. The summed E-state index contributed by atoms with van der Waals surface area (Å²) in [5.41, 5.74) is 6.42. The van der Waals surface area contributed by atoms with E-state index in [1.807, 2.05) is 19.1 Å². The minimum atomic E-state index is -0.581. The molecule has 0 spiro atoms. The number of hydrogen-bond donors (Lipinski definition) is 2. The van der Waals surface area contributed by atoms with E-state index in [-0.39, 0.29) is 12.5 Å². The summed E-state index contributed by atoms with van der Waals surface area (Å²) in [6.45, 7) is 2.00. The predicted octanol–water partition coefficient (Wildman–Crippen LogP) is 3.49. The molecule has 29 heavy (non-hydrogen) atoms. The van der Waals surface area contributed by atoms with E-state index in [1.165, 1.54) is 11.8 Å². The van der Waals surface area contributed by atoms with Gasteiger partial charge in [0.1, 0.15) is 0 Å². The third-order valence-electron chi connectivity index (χ3n) is 3.66. The Labute approximate surface area is 176 Å². The van der Waals surface area contributed by atoms with Crippen molar-refractivity contribution in [3.8, 4) is 11.5 Å². The Morgan fingerprint density at radius 2 is 2.03 bits per heavy atom. The van der Waals surface area contributed by atoms with Crippen molar-refractivity contribution in [3.63, 3.8) is 0 Å². The van der Waals surface area contributed by atoms with Crippen LogP contribution in [0.3, 0.4) is 0 Å². The van der Waals surface area contributed by atoms with Gasteiger partial charge in [-0.3, -0.25) is 9.59 Å². The van der Waals surface area contributed by atoms with Crippen LogP contribution in [-0.2, 0) is 9.59 Å². The molecule has 2 aromatic carbocycles. The number of hydrogen-bond acceptors (Lipinski definition) is 6. The number of aliphatic imine (C=N–C) groups is 1. The van der Waals surface area contributed by atoms with Crippen LogP contribution in [0.1, 0.15) is 12.5 Å². The highest BCUT2D eigenvalue weighted by Crippen LogP contribution is 2.33. The molecule has 3 N–H and O–H groups in total. The minimum Gasteiger partial charge on any atom is -0.490 e. The summed E-state index contributed by atoms with van der Waals surface area (Å²) >= 11 is 7.33. The quantitative estimate of drug-likeness (QED) is 0.653. The molecule has 1 heterocycles. The number of rotatable bonds is 7. The van der Waals surface area contributed by atoms with E-state index in [2.05, 4.69) is 10.3 Å². The lowest BCUT2D eigenvalue weighted by atomic mass is 10.2. The summed E-state index contributed by atoms with van der Waals surface area (Å²) < 4.78 is 10.9. The van der Waals surface area contributed by atoms with Gasteiger partial charge in [0, 0.05) is 0 Å². The van der Waals surface area contributed by atoms with Crippen LogP contribution < -0.4 is 20.5 Å². The van der Waals surface area contributed by atoms with Gasteiger partial charge in [-0.2, -0.15) is 0 Å². The van der Waals surface area contributed by atoms with Gasteiger partial charge >= 0.3 is 0 Å². The number of nitrogens with two attached hydrogens (primary N) is 1. The first-order chi connectivity index (χ1) is 14.0. The largest absolute Gasteiger partial charge is 0.490 e. The molecule has 2 aromatic rings. The van der Waals surface area contributed by atoms with Crippen LogP contribution in [0.15, 0.2) is 52.4 Å². The van der Waals surface area contributed by atoms with Crippen LogP contribution in [0.4, 0.5) is 5.69 Å². The smallest absolute Gasteiger partial charge is 0.264 e. The molecule has 0 saturated carbocycles. The van der Waals surface area contributed by atoms with Gasteiger partial charge in [0.15, 0.2) is 23.3 Å². The maximum Gasteiger partial charge on any atom is 0.264 e. The summed E-state index contributed by atoms with van der Waals surface area (Å²) in [4.78, 5) is 28.1. The van der Waals surface area contributed by atoms with Crippen LogP contribution in [0.25, 0.3) is 6.08 Å². The summed E-state index contributed by atoms with van der Waals surface area (Å²) in [6.07, 6.45) is 1.72. The summed E-state index contributed by atoms with van der Waals surface area (Å²) in [5, 5.41) is 3.67. The van der Waals surface area contributed by atoms with Gasteiger partial charge in [0.05, 0.1) is 22.2 Å². The molecule has 1 aliphatic rings. The molecule has 3 rings (SSSR count). The highest BCUT2D eigenvalue weighted by atomic mass is 35.5. The van der Waals surface area contributed by atoms with Gasteiger partial charge in [-0.15, -0.1) is 0 Å². The van der Waals surface area contributed by atoms with Gasteiger partial charge in [-0.25, -0.2) is 4.99 Å². The molecular weight excluding hydrogens is 414 g/mol. The van der Waals surface area contributed by atoms with Crippen molar-refractivity contribution in [2.24, 2.45) is 10.7 Å². The van der Waals surface area contributed by atoms with Crippen LogP contribution >= 0.6 is 23.4 Å². The fourth-order valence-corrected chi connectivity index (χ4v) is 3.45. The van der Waals surface area contributed by atoms with Crippen molar-refractivity contribution < 1.29 is 19.1 Å². The van der Waals surface area contributed by atoms with E-state index in [1.54, 1.807) is 36.4 Å². The van der Waals surface area contributed by atoms with Crippen LogP contribution in [0, 0.1) is 0 Å². The summed E-state index contributed by atoms with van der Waals surface area (Å²) in [7, 11) is 0. The number of thioether (sulfide) groups is 1. The minimum absolute atomic E-state index is 0.249. The van der Waals surface area contributed by atoms with Crippen molar-refractivity contribution in [1.29, 1.82) is 0 Å². The van der Waals surface area contributed by atoms with Gasteiger partial charge in [0.25, 0.3) is 11.8 Å². The van der Waals surface area contributed by atoms with Crippen molar-refractivity contribution in [2.45, 2.75) is 6.92 Å². The molecule has 1 fully saturated rings. The van der Waals surface area contributed by atoms with Crippen molar-refractivity contribution >= 4 is 52.1 Å². The van der Waals surface area contributed by atoms with Crippen LogP contribution in [0.5, 0.6) is 11.5 Å². The number of benzene rings is 2. The van der Waals surface area contributed by atoms with E-state index in [0.29, 0.717) is 38.9 Å². The van der Waals surface area contributed by atoms with Gasteiger partial charge in [0.2, 0.25) is 0 Å². The van der Waals surface area contributed by atoms with E-state index < -0.39 is 5.91 Å².